The molecule has 1 heterocycles. The highest BCUT2D eigenvalue weighted by molar-refractivity contribution is 7.89. The summed E-state index contributed by atoms with van der Waals surface area (Å²) in [5.74, 6) is -0.109. The Morgan fingerprint density at radius 3 is 2.27 bits per heavy atom. The van der Waals surface area contributed by atoms with Gasteiger partial charge in [0.2, 0.25) is 10.0 Å². The van der Waals surface area contributed by atoms with Crippen LogP contribution in [0, 0.1) is 0 Å². The van der Waals surface area contributed by atoms with E-state index in [1.807, 2.05) is 24.3 Å². The first-order valence-electron chi connectivity index (χ1n) is 7.95. The largest absolute Gasteiger partial charge is 0.295 e. The van der Waals surface area contributed by atoms with Gasteiger partial charge < -0.3 is 0 Å². The maximum absolute atomic E-state index is 12.5. The normalized spacial score (nSPS) is 12.7. The average molecular weight is 370 g/mol. The number of Topliss-reactive ketones (excluding diaryl/α,β-unsaturated/α-hetero) is 1. The van der Waals surface area contributed by atoms with Gasteiger partial charge in [-0.25, -0.2) is 22.8 Å². The Kier molecular flexibility index (Phi) is 4.97. The molecule has 0 saturated carbocycles. The molecule has 1 aromatic heterocycles. The van der Waals surface area contributed by atoms with Crippen LogP contribution in [0.3, 0.4) is 0 Å². The zero-order chi connectivity index (χ0) is 18.7. The third-order valence-electron chi connectivity index (χ3n) is 3.98. The first-order valence-corrected chi connectivity index (χ1v) is 9.43. The Morgan fingerprint density at radius 1 is 1.08 bits per heavy atom. The molecule has 0 spiro atoms. The van der Waals surface area contributed by atoms with Crippen molar-refractivity contribution < 1.29 is 13.2 Å². The van der Waals surface area contributed by atoms with Crippen molar-refractivity contribution in [2.45, 2.75) is 24.8 Å². The summed E-state index contributed by atoms with van der Waals surface area (Å²) in [6.45, 7) is 3.21. The van der Waals surface area contributed by atoms with Gasteiger partial charge in [0, 0.05) is 11.6 Å². The van der Waals surface area contributed by atoms with E-state index >= 15 is 0 Å². The van der Waals surface area contributed by atoms with E-state index in [0.29, 0.717) is 5.56 Å². The molecule has 3 aromatic rings. The number of rotatable bonds is 6. The van der Waals surface area contributed by atoms with Gasteiger partial charge in [0.25, 0.3) is 0 Å². The van der Waals surface area contributed by atoms with E-state index in [4.69, 9.17) is 0 Å². The van der Waals surface area contributed by atoms with Gasteiger partial charge in [0.05, 0.1) is 10.6 Å². The highest BCUT2D eigenvalue weighted by Crippen LogP contribution is 2.19. The third-order valence-corrected chi connectivity index (χ3v) is 5.54. The van der Waals surface area contributed by atoms with Crippen LogP contribution in [0.4, 0.5) is 0 Å². The molecule has 2 aromatic carbocycles. The van der Waals surface area contributed by atoms with Gasteiger partial charge in [-0.15, -0.1) is 0 Å². The predicted molar refractivity (Wildman–Crippen MR) is 96.5 cm³/mol. The number of benzene rings is 2. The number of carbonyl (C=O) groups excluding carboxylic acids is 1. The molecular weight excluding hydrogens is 352 g/mol. The molecule has 0 saturated heterocycles. The fourth-order valence-electron chi connectivity index (χ4n) is 2.49. The molecule has 0 bridgehead atoms. The van der Waals surface area contributed by atoms with E-state index in [1.54, 1.807) is 17.9 Å². The van der Waals surface area contributed by atoms with Crippen LogP contribution in [-0.2, 0) is 10.0 Å². The lowest BCUT2D eigenvalue weighted by Crippen LogP contribution is -2.26. The third kappa shape index (κ3) is 3.87. The van der Waals surface area contributed by atoms with E-state index < -0.39 is 16.1 Å². The SMILES string of the molecule is CC(=O)c1ccc(S(=O)(=O)N[C@@H](C)c2ccc(-n3cncn3)cc2)cc1. The van der Waals surface area contributed by atoms with Crippen molar-refractivity contribution in [3.05, 3.63) is 72.3 Å². The molecule has 0 amide bonds. The molecule has 7 nitrogen and oxygen atoms in total. The quantitative estimate of drug-likeness (QED) is 0.673. The monoisotopic (exact) mass is 370 g/mol. The van der Waals surface area contributed by atoms with Gasteiger partial charge in [-0.3, -0.25) is 4.79 Å². The maximum atomic E-state index is 12.5. The number of aromatic nitrogens is 3. The molecule has 0 aliphatic carbocycles. The van der Waals surface area contributed by atoms with E-state index in [-0.39, 0.29) is 10.7 Å². The van der Waals surface area contributed by atoms with Crippen LogP contribution in [0.2, 0.25) is 0 Å². The number of nitrogens with one attached hydrogen (secondary N) is 1. The van der Waals surface area contributed by atoms with Gasteiger partial charge in [0.15, 0.2) is 5.78 Å². The molecule has 1 atom stereocenters. The zero-order valence-corrected chi connectivity index (χ0v) is 15.1. The smallest absolute Gasteiger partial charge is 0.241 e. The minimum Gasteiger partial charge on any atom is -0.295 e. The van der Waals surface area contributed by atoms with E-state index in [2.05, 4.69) is 14.8 Å². The fraction of sp³-hybridized carbons (Fsp3) is 0.167. The lowest BCUT2D eigenvalue weighted by molar-refractivity contribution is 0.101. The van der Waals surface area contributed by atoms with Crippen molar-refractivity contribution >= 4 is 15.8 Å². The minimum atomic E-state index is -3.69. The van der Waals surface area contributed by atoms with Gasteiger partial charge in [0.1, 0.15) is 12.7 Å². The summed E-state index contributed by atoms with van der Waals surface area (Å²) in [5.41, 5.74) is 2.12. The number of carbonyl (C=O) groups is 1. The van der Waals surface area contributed by atoms with Crippen LogP contribution in [-0.4, -0.2) is 29.0 Å². The number of ketones is 1. The predicted octanol–water partition coefficient (Wildman–Crippen LogP) is 2.51. The summed E-state index contributed by atoms with van der Waals surface area (Å²) < 4.78 is 29.3. The van der Waals surface area contributed by atoms with Crippen molar-refractivity contribution in [1.82, 2.24) is 19.5 Å². The van der Waals surface area contributed by atoms with Crippen LogP contribution in [0.1, 0.15) is 35.8 Å². The van der Waals surface area contributed by atoms with Crippen molar-refractivity contribution in [3.63, 3.8) is 0 Å². The molecule has 8 heteroatoms. The molecule has 0 unspecified atom stereocenters. The van der Waals surface area contributed by atoms with E-state index in [0.717, 1.165) is 11.3 Å². The van der Waals surface area contributed by atoms with Gasteiger partial charge >= 0.3 is 0 Å². The number of nitrogens with zero attached hydrogens (tertiary/aromatic N) is 3. The Balaban J connectivity index is 1.75. The second kappa shape index (κ2) is 7.19. The molecule has 3 rings (SSSR count). The Hall–Kier alpha value is -2.84. The highest BCUT2D eigenvalue weighted by atomic mass is 32.2. The summed E-state index contributed by atoms with van der Waals surface area (Å²) in [7, 11) is -3.69. The molecule has 1 N–H and O–H groups in total. The second-order valence-corrected chi connectivity index (χ2v) is 7.57. The standard InChI is InChI=1S/C18H18N4O3S/c1-13(15-3-7-17(8-4-15)22-12-19-11-20-22)21-26(24,25)18-9-5-16(6-10-18)14(2)23/h3-13,21H,1-2H3/t13-/m0/s1. The summed E-state index contributed by atoms with van der Waals surface area (Å²) in [6.07, 6.45) is 3.04. The van der Waals surface area contributed by atoms with Crippen LogP contribution < -0.4 is 4.72 Å². The molecule has 0 radical (unpaired) electrons. The summed E-state index contributed by atoms with van der Waals surface area (Å²) in [4.78, 5) is 15.3. The van der Waals surface area contributed by atoms with Crippen molar-refractivity contribution in [2.75, 3.05) is 0 Å². The van der Waals surface area contributed by atoms with Gasteiger partial charge in [-0.05, 0) is 43.7 Å². The second-order valence-electron chi connectivity index (χ2n) is 5.86. The minimum absolute atomic E-state index is 0.109. The van der Waals surface area contributed by atoms with Gasteiger partial charge in [-0.2, -0.15) is 5.10 Å². The highest BCUT2D eigenvalue weighted by Gasteiger charge is 2.18. The molecule has 0 aliphatic heterocycles. The topological polar surface area (TPSA) is 94.0 Å². The molecular formula is C18H18N4O3S. The number of hydrogen-bond acceptors (Lipinski definition) is 5. The van der Waals surface area contributed by atoms with E-state index in [1.165, 1.54) is 37.5 Å². The van der Waals surface area contributed by atoms with Crippen LogP contribution in [0.25, 0.3) is 5.69 Å². The summed E-state index contributed by atoms with van der Waals surface area (Å²) >= 11 is 0. The number of hydrogen-bond donors (Lipinski definition) is 1. The Bertz CT molecular complexity index is 996. The van der Waals surface area contributed by atoms with Crippen LogP contribution in [0.5, 0.6) is 0 Å². The number of sulfonamides is 1. The molecule has 134 valence electrons. The summed E-state index contributed by atoms with van der Waals surface area (Å²) in [6, 6.07) is 12.8. The first kappa shape index (κ1) is 18.0. The maximum Gasteiger partial charge on any atom is 0.241 e. The van der Waals surface area contributed by atoms with Crippen molar-refractivity contribution in [3.8, 4) is 5.69 Å². The summed E-state index contributed by atoms with van der Waals surface area (Å²) in [5, 5.41) is 4.05. The average Bonchev–Trinajstić information content (AvgIpc) is 3.16. The van der Waals surface area contributed by atoms with Crippen LogP contribution in [0.15, 0.2) is 66.1 Å². The Morgan fingerprint density at radius 2 is 1.73 bits per heavy atom. The lowest BCUT2D eigenvalue weighted by atomic mass is 10.1. The Labute approximate surface area is 151 Å². The zero-order valence-electron chi connectivity index (χ0n) is 14.3. The molecule has 0 aliphatic rings. The van der Waals surface area contributed by atoms with Crippen LogP contribution >= 0.6 is 0 Å². The van der Waals surface area contributed by atoms with Gasteiger partial charge in [-0.1, -0.05) is 24.3 Å². The van der Waals surface area contributed by atoms with Crippen molar-refractivity contribution in [2.24, 2.45) is 0 Å². The fourth-order valence-corrected chi connectivity index (χ4v) is 3.73. The lowest BCUT2D eigenvalue weighted by Gasteiger charge is -2.15. The van der Waals surface area contributed by atoms with Crippen molar-refractivity contribution in [1.29, 1.82) is 0 Å². The first-order chi connectivity index (χ1) is 12.4. The van der Waals surface area contributed by atoms with E-state index in [9.17, 15) is 13.2 Å². The molecule has 26 heavy (non-hydrogen) atoms. The molecule has 0 fully saturated rings.